The average molecular weight is 725 g/mol. The lowest BCUT2D eigenvalue weighted by Crippen LogP contribution is -2.11. The van der Waals surface area contributed by atoms with E-state index >= 15 is 0 Å². The number of para-hydroxylation sites is 3. The van der Waals surface area contributed by atoms with Crippen molar-refractivity contribution in [3.63, 3.8) is 0 Å². The Labute approximate surface area is 321 Å². The van der Waals surface area contributed by atoms with Gasteiger partial charge in [0.2, 0.25) is 5.96 Å². The van der Waals surface area contributed by atoms with Gasteiger partial charge in [0, 0.05) is 43.9 Å². The molecule has 7 aromatic carbocycles. The number of rotatable bonds is 6. The molecule has 0 atom stereocenters. The summed E-state index contributed by atoms with van der Waals surface area (Å²) in [5, 5.41) is 25.0. The quantitative estimate of drug-likeness (QED) is 0.137. The summed E-state index contributed by atoms with van der Waals surface area (Å²) in [6.45, 7) is 0. The van der Waals surface area contributed by atoms with Crippen LogP contribution in [0.2, 0.25) is 0 Å². The number of allylic oxidation sites excluding steroid dienone is 1. The smallest absolute Gasteiger partial charge is 0.227 e. The van der Waals surface area contributed by atoms with Crippen LogP contribution in [0.15, 0.2) is 187 Å². The molecule has 3 aromatic heterocycles. The molecule has 260 valence electrons. The van der Waals surface area contributed by atoms with Crippen molar-refractivity contribution in [2.75, 3.05) is 0 Å². The minimum atomic E-state index is 0.136. The largest absolute Gasteiger partial charge is 0.309 e. The third-order valence-corrected chi connectivity index (χ3v) is 11.0. The van der Waals surface area contributed by atoms with Gasteiger partial charge in [-0.25, -0.2) is 4.99 Å². The average Bonchev–Trinajstić information content (AvgIpc) is 3.96. The third kappa shape index (κ3) is 5.84. The molecule has 0 saturated heterocycles. The van der Waals surface area contributed by atoms with Gasteiger partial charge < -0.3 is 4.57 Å². The maximum Gasteiger partial charge on any atom is 0.227 e. The first-order chi connectivity index (χ1) is 27.2. The maximum absolute atomic E-state index is 9.37. The van der Waals surface area contributed by atoms with Gasteiger partial charge in [-0.3, -0.25) is 9.98 Å². The van der Waals surface area contributed by atoms with Crippen molar-refractivity contribution in [3.8, 4) is 26.8 Å². The predicted octanol–water partition coefficient (Wildman–Crippen LogP) is 12.1. The molecule has 6 nitrogen and oxygen atoms in total. The number of aromatic nitrogens is 4. The zero-order valence-electron chi connectivity index (χ0n) is 29.5. The van der Waals surface area contributed by atoms with E-state index in [1.54, 1.807) is 11.3 Å². The van der Waals surface area contributed by atoms with Crippen molar-refractivity contribution in [1.29, 1.82) is 5.41 Å². The Balaban J connectivity index is 1.04. The highest BCUT2D eigenvalue weighted by molar-refractivity contribution is 7.17. The lowest BCUT2D eigenvalue weighted by atomic mass is 10.1. The molecule has 0 amide bonds. The summed E-state index contributed by atoms with van der Waals surface area (Å²) < 4.78 is 4.25. The predicted molar refractivity (Wildman–Crippen MR) is 230 cm³/mol. The second-order valence-electron chi connectivity index (χ2n) is 13.3. The third-order valence-electron chi connectivity index (χ3n) is 10.0. The zero-order valence-corrected chi connectivity index (χ0v) is 30.4. The first-order valence-corrected chi connectivity index (χ1v) is 18.9. The van der Waals surface area contributed by atoms with Crippen LogP contribution in [0.1, 0.15) is 11.1 Å². The first-order valence-electron chi connectivity index (χ1n) is 18.1. The molecule has 0 saturated carbocycles. The molecule has 3 heterocycles. The van der Waals surface area contributed by atoms with Gasteiger partial charge in [0.25, 0.3) is 0 Å². The zero-order chi connectivity index (χ0) is 36.7. The van der Waals surface area contributed by atoms with Gasteiger partial charge in [0.05, 0.1) is 27.8 Å². The molecular weight excluding hydrogens is 693 g/mol. The molecule has 0 aliphatic carbocycles. The number of hydrogen-bond acceptors (Lipinski definition) is 4. The number of fused-ring (bicyclic) bond motifs is 6. The molecule has 0 aliphatic rings. The van der Waals surface area contributed by atoms with E-state index < -0.39 is 0 Å². The van der Waals surface area contributed by atoms with Gasteiger partial charge in [-0.15, -0.1) is 10.2 Å². The van der Waals surface area contributed by atoms with Crippen molar-refractivity contribution in [2.45, 2.75) is 0 Å². The van der Waals surface area contributed by atoms with Crippen LogP contribution < -0.4 is 0 Å². The maximum atomic E-state index is 9.37. The number of benzene rings is 7. The van der Waals surface area contributed by atoms with Gasteiger partial charge in [0.1, 0.15) is 10.0 Å². The Bertz CT molecular complexity index is 3100. The summed E-state index contributed by atoms with van der Waals surface area (Å²) in [6.07, 6.45) is 4.02. The van der Waals surface area contributed by atoms with Crippen molar-refractivity contribution >= 4 is 72.7 Å². The Hall–Kier alpha value is -7.22. The number of aliphatic imine (C=N–C) groups is 1. The lowest BCUT2D eigenvalue weighted by Gasteiger charge is -2.08. The lowest BCUT2D eigenvalue weighted by molar-refractivity contribution is 1.10. The molecule has 0 unspecified atom stereocenters. The SMILES string of the molecule is N=C(N=C(/C=C/c1ccccc1)c1ccccc1)n1c2ccccc2c2cc(-c3nnc(-c4ccc5c6ccccc6n(-c6ccccc6)c5c4)s3)ccc21. The Morgan fingerprint density at radius 3 is 1.84 bits per heavy atom. The van der Waals surface area contributed by atoms with Gasteiger partial charge >= 0.3 is 0 Å². The molecule has 10 rings (SSSR count). The van der Waals surface area contributed by atoms with Crippen LogP contribution in [0, 0.1) is 5.41 Å². The van der Waals surface area contributed by atoms with Crippen LogP contribution >= 0.6 is 11.3 Å². The van der Waals surface area contributed by atoms with Crippen LogP contribution in [0.25, 0.3) is 76.5 Å². The van der Waals surface area contributed by atoms with Gasteiger partial charge in [0.15, 0.2) is 0 Å². The summed E-state index contributed by atoms with van der Waals surface area (Å²) in [4.78, 5) is 4.94. The molecule has 7 heteroatoms. The van der Waals surface area contributed by atoms with E-state index in [9.17, 15) is 5.41 Å². The van der Waals surface area contributed by atoms with E-state index in [1.165, 1.54) is 16.3 Å². The summed E-state index contributed by atoms with van der Waals surface area (Å²) >= 11 is 1.58. The Morgan fingerprint density at radius 1 is 0.527 bits per heavy atom. The summed E-state index contributed by atoms with van der Waals surface area (Å²) in [5.74, 6) is 0.136. The second-order valence-corrected chi connectivity index (χ2v) is 14.3. The molecule has 0 radical (unpaired) electrons. The first kappa shape index (κ1) is 32.4. The van der Waals surface area contributed by atoms with E-state index in [-0.39, 0.29) is 5.96 Å². The number of nitrogens with zero attached hydrogens (tertiary/aromatic N) is 5. The molecule has 0 spiro atoms. The molecule has 1 N–H and O–H groups in total. The molecule has 0 bridgehead atoms. The molecule has 10 aromatic rings. The summed E-state index contributed by atoms with van der Waals surface area (Å²) in [7, 11) is 0. The molecular formula is C48H32N6S. The Kier molecular flexibility index (Phi) is 8.04. The number of nitrogens with one attached hydrogen (secondary N) is 1. The van der Waals surface area contributed by atoms with E-state index in [1.807, 2.05) is 83.4 Å². The van der Waals surface area contributed by atoms with Crippen LogP contribution in [-0.4, -0.2) is 31.0 Å². The van der Waals surface area contributed by atoms with E-state index in [4.69, 9.17) is 15.2 Å². The minimum absolute atomic E-state index is 0.136. The van der Waals surface area contributed by atoms with Crippen LogP contribution in [-0.2, 0) is 0 Å². The standard InChI is InChI=1S/C48H32N6S/c49-48(50-41(33-16-6-2-7-17-33)28-24-32-14-4-1-5-15-32)54-43-23-13-11-21-38(43)40-30-34(26-29-44(40)54)46-51-52-47(55-46)35-25-27-39-37-20-10-12-22-42(37)53(45(39)31-35)36-18-8-3-9-19-36/h1-31,49H/b28-24+,49-48?,50-41?. The van der Waals surface area contributed by atoms with Crippen molar-refractivity contribution in [2.24, 2.45) is 4.99 Å². The van der Waals surface area contributed by atoms with E-state index in [0.29, 0.717) is 5.71 Å². The highest BCUT2D eigenvalue weighted by Crippen LogP contribution is 2.38. The molecule has 0 fully saturated rings. The Morgan fingerprint density at radius 2 is 1.09 bits per heavy atom. The second kappa shape index (κ2) is 13.6. The molecule has 55 heavy (non-hydrogen) atoms. The fraction of sp³-hybridized carbons (Fsp3) is 0. The van der Waals surface area contributed by atoms with Crippen LogP contribution in [0.5, 0.6) is 0 Å². The van der Waals surface area contributed by atoms with Crippen LogP contribution in [0.4, 0.5) is 0 Å². The van der Waals surface area contributed by atoms with Gasteiger partial charge in [-0.1, -0.05) is 145 Å². The minimum Gasteiger partial charge on any atom is -0.309 e. The highest BCUT2D eigenvalue weighted by atomic mass is 32.1. The van der Waals surface area contributed by atoms with Gasteiger partial charge in [-0.2, -0.15) is 0 Å². The van der Waals surface area contributed by atoms with Crippen LogP contribution in [0.3, 0.4) is 0 Å². The van der Waals surface area contributed by atoms with Crippen molar-refractivity contribution < 1.29 is 0 Å². The van der Waals surface area contributed by atoms with E-state index in [2.05, 4.69) is 114 Å². The van der Waals surface area contributed by atoms with Gasteiger partial charge in [-0.05, 0) is 60.2 Å². The van der Waals surface area contributed by atoms with E-state index in [0.717, 1.165) is 65.3 Å². The van der Waals surface area contributed by atoms with Crippen molar-refractivity contribution in [1.82, 2.24) is 19.3 Å². The topological polar surface area (TPSA) is 71.8 Å². The normalized spacial score (nSPS) is 12.1. The fourth-order valence-corrected chi connectivity index (χ4v) is 8.30. The van der Waals surface area contributed by atoms with Crippen molar-refractivity contribution in [3.05, 3.63) is 193 Å². The summed E-state index contributed by atoms with van der Waals surface area (Å²) in [5.41, 5.74) is 9.96. The highest BCUT2D eigenvalue weighted by Gasteiger charge is 2.18. The molecule has 0 aliphatic heterocycles. The number of hydrogen-bond donors (Lipinski definition) is 1. The fourth-order valence-electron chi connectivity index (χ4n) is 7.46. The monoisotopic (exact) mass is 724 g/mol. The summed E-state index contributed by atoms with van der Waals surface area (Å²) in [6, 6.07) is 60.3.